The van der Waals surface area contributed by atoms with Crippen LogP contribution in [0.25, 0.3) is 0 Å². The average Bonchev–Trinajstić information content (AvgIpc) is 2.94. The second-order valence-electron chi connectivity index (χ2n) is 4.73. The Hall–Kier alpha value is -1.68. The topological polar surface area (TPSA) is 32.3 Å². The zero-order valence-electron chi connectivity index (χ0n) is 10.5. The number of aromatic nitrogens is 2. The zero-order valence-corrected chi connectivity index (χ0v) is 10.5. The molecule has 1 fully saturated rings. The zero-order chi connectivity index (χ0) is 12.2. The Balaban J connectivity index is 1.53. The number of hydrogen-bond acceptors (Lipinski definition) is 4. The van der Waals surface area contributed by atoms with Crippen LogP contribution in [-0.4, -0.2) is 47.6 Å². The minimum atomic E-state index is 0.858. The fourth-order valence-electron chi connectivity index (χ4n) is 2.44. The van der Waals surface area contributed by atoms with Gasteiger partial charge in [-0.25, -0.2) is 9.97 Å². The Morgan fingerprint density at radius 2 is 1.83 bits per heavy atom. The van der Waals surface area contributed by atoms with Gasteiger partial charge in [0.1, 0.15) is 0 Å². The maximum Gasteiger partial charge on any atom is 0.225 e. The van der Waals surface area contributed by atoms with E-state index in [0.29, 0.717) is 0 Å². The molecule has 0 unspecified atom stereocenters. The SMILES string of the molecule is C1=CC(CN2CCN(c3ncccn3)CC2)=CC1. The van der Waals surface area contributed by atoms with Gasteiger partial charge in [-0.2, -0.15) is 0 Å². The first-order valence-electron chi connectivity index (χ1n) is 6.52. The normalized spacial score (nSPS) is 20.2. The van der Waals surface area contributed by atoms with Gasteiger partial charge in [0.2, 0.25) is 5.95 Å². The molecule has 2 heterocycles. The lowest BCUT2D eigenvalue weighted by Gasteiger charge is -2.34. The molecule has 2 aliphatic rings. The van der Waals surface area contributed by atoms with Crippen molar-refractivity contribution in [3.8, 4) is 0 Å². The van der Waals surface area contributed by atoms with Gasteiger partial charge in [-0.1, -0.05) is 18.2 Å². The van der Waals surface area contributed by atoms with E-state index in [0.717, 1.165) is 45.1 Å². The predicted octanol–water partition coefficient (Wildman–Crippen LogP) is 1.48. The lowest BCUT2D eigenvalue weighted by molar-refractivity contribution is 0.279. The third kappa shape index (κ3) is 2.59. The molecule has 94 valence electrons. The van der Waals surface area contributed by atoms with Crippen LogP contribution in [0.4, 0.5) is 5.95 Å². The van der Waals surface area contributed by atoms with Crippen LogP contribution in [0.15, 0.2) is 42.3 Å². The number of allylic oxidation sites excluding steroid dienone is 2. The molecule has 1 aliphatic heterocycles. The maximum atomic E-state index is 4.30. The third-order valence-corrected chi connectivity index (χ3v) is 3.46. The van der Waals surface area contributed by atoms with Crippen molar-refractivity contribution < 1.29 is 0 Å². The molecular weight excluding hydrogens is 224 g/mol. The number of hydrogen-bond donors (Lipinski definition) is 0. The first kappa shape index (κ1) is 11.4. The van der Waals surface area contributed by atoms with E-state index in [1.54, 1.807) is 0 Å². The summed E-state index contributed by atoms with van der Waals surface area (Å²) in [6.45, 7) is 5.29. The highest BCUT2D eigenvalue weighted by atomic mass is 15.3. The number of rotatable bonds is 3. The summed E-state index contributed by atoms with van der Waals surface area (Å²) in [5, 5.41) is 0. The minimum absolute atomic E-state index is 0.858. The Morgan fingerprint density at radius 1 is 1.06 bits per heavy atom. The van der Waals surface area contributed by atoms with Crippen molar-refractivity contribution in [2.75, 3.05) is 37.6 Å². The van der Waals surface area contributed by atoms with E-state index in [4.69, 9.17) is 0 Å². The lowest BCUT2D eigenvalue weighted by Crippen LogP contribution is -2.47. The van der Waals surface area contributed by atoms with Gasteiger partial charge in [0.05, 0.1) is 0 Å². The van der Waals surface area contributed by atoms with Crippen LogP contribution >= 0.6 is 0 Å². The van der Waals surface area contributed by atoms with Crippen molar-refractivity contribution in [3.05, 3.63) is 42.3 Å². The highest BCUT2D eigenvalue weighted by Gasteiger charge is 2.18. The second-order valence-corrected chi connectivity index (χ2v) is 4.73. The maximum absolute atomic E-state index is 4.30. The molecule has 0 aromatic carbocycles. The summed E-state index contributed by atoms with van der Waals surface area (Å²) in [7, 11) is 0. The highest BCUT2D eigenvalue weighted by Crippen LogP contribution is 2.14. The first-order chi connectivity index (χ1) is 8.92. The molecular formula is C14H18N4. The van der Waals surface area contributed by atoms with E-state index < -0.39 is 0 Å². The van der Waals surface area contributed by atoms with Crippen molar-refractivity contribution in [1.82, 2.24) is 14.9 Å². The summed E-state index contributed by atoms with van der Waals surface area (Å²) in [4.78, 5) is 13.4. The molecule has 1 aromatic heterocycles. The minimum Gasteiger partial charge on any atom is -0.338 e. The van der Waals surface area contributed by atoms with Crippen LogP contribution in [0.2, 0.25) is 0 Å². The molecule has 1 aliphatic carbocycles. The van der Waals surface area contributed by atoms with Gasteiger partial charge in [0, 0.05) is 45.1 Å². The molecule has 4 heteroatoms. The van der Waals surface area contributed by atoms with E-state index in [9.17, 15) is 0 Å². The molecule has 0 atom stereocenters. The summed E-state index contributed by atoms with van der Waals surface area (Å²) < 4.78 is 0. The first-order valence-corrected chi connectivity index (χ1v) is 6.52. The van der Waals surface area contributed by atoms with Crippen LogP contribution in [0, 0.1) is 0 Å². The fraction of sp³-hybridized carbons (Fsp3) is 0.429. The predicted molar refractivity (Wildman–Crippen MR) is 72.5 cm³/mol. The smallest absolute Gasteiger partial charge is 0.225 e. The second kappa shape index (κ2) is 5.31. The molecule has 0 N–H and O–H groups in total. The number of nitrogens with zero attached hydrogens (tertiary/aromatic N) is 4. The van der Waals surface area contributed by atoms with Crippen molar-refractivity contribution in [3.63, 3.8) is 0 Å². The van der Waals surface area contributed by atoms with Crippen LogP contribution in [0.3, 0.4) is 0 Å². The van der Waals surface area contributed by atoms with Gasteiger partial charge in [0.25, 0.3) is 0 Å². The Labute approximate surface area is 108 Å². The van der Waals surface area contributed by atoms with E-state index >= 15 is 0 Å². The van der Waals surface area contributed by atoms with Crippen molar-refractivity contribution in [2.24, 2.45) is 0 Å². The molecule has 0 bridgehead atoms. The van der Waals surface area contributed by atoms with Crippen LogP contribution in [-0.2, 0) is 0 Å². The van der Waals surface area contributed by atoms with Crippen LogP contribution in [0.5, 0.6) is 0 Å². The van der Waals surface area contributed by atoms with Crippen molar-refractivity contribution in [1.29, 1.82) is 0 Å². The molecule has 4 nitrogen and oxygen atoms in total. The molecule has 0 radical (unpaired) electrons. The summed E-state index contributed by atoms with van der Waals surface area (Å²) in [5.41, 5.74) is 1.46. The Bertz CT molecular complexity index is 444. The van der Waals surface area contributed by atoms with Crippen molar-refractivity contribution in [2.45, 2.75) is 6.42 Å². The highest BCUT2D eigenvalue weighted by molar-refractivity contribution is 5.30. The summed E-state index contributed by atoms with van der Waals surface area (Å²) in [5.74, 6) is 0.858. The van der Waals surface area contributed by atoms with Crippen molar-refractivity contribution >= 4 is 5.95 Å². The molecule has 1 saturated heterocycles. The fourth-order valence-corrected chi connectivity index (χ4v) is 2.44. The monoisotopic (exact) mass is 242 g/mol. The summed E-state index contributed by atoms with van der Waals surface area (Å²) >= 11 is 0. The Kier molecular flexibility index (Phi) is 3.37. The Morgan fingerprint density at radius 3 is 2.50 bits per heavy atom. The van der Waals surface area contributed by atoms with E-state index in [1.165, 1.54) is 5.57 Å². The van der Waals surface area contributed by atoms with E-state index in [-0.39, 0.29) is 0 Å². The molecule has 1 aromatic rings. The van der Waals surface area contributed by atoms with Crippen LogP contribution in [0.1, 0.15) is 6.42 Å². The van der Waals surface area contributed by atoms with Gasteiger partial charge in [-0.3, -0.25) is 4.90 Å². The standard InChI is InChI=1S/C14H18N4/c1-2-5-13(4-1)12-17-8-10-18(11-9-17)14-15-6-3-7-16-14/h1,3-7H,2,8-12H2. The quantitative estimate of drug-likeness (QED) is 0.804. The molecule has 3 rings (SSSR count). The number of piperazine rings is 1. The average molecular weight is 242 g/mol. The molecule has 0 spiro atoms. The summed E-state index contributed by atoms with van der Waals surface area (Å²) in [6.07, 6.45) is 11.5. The van der Waals surface area contributed by atoms with Gasteiger partial charge in [-0.05, 0) is 18.1 Å². The van der Waals surface area contributed by atoms with E-state index in [2.05, 4.69) is 38.0 Å². The summed E-state index contributed by atoms with van der Waals surface area (Å²) in [6, 6.07) is 1.86. The van der Waals surface area contributed by atoms with E-state index in [1.807, 2.05) is 18.5 Å². The largest absolute Gasteiger partial charge is 0.338 e. The van der Waals surface area contributed by atoms with Gasteiger partial charge < -0.3 is 4.90 Å². The van der Waals surface area contributed by atoms with Crippen LogP contribution < -0.4 is 4.90 Å². The lowest BCUT2D eigenvalue weighted by atomic mass is 10.2. The molecule has 0 saturated carbocycles. The van der Waals surface area contributed by atoms with Gasteiger partial charge in [-0.15, -0.1) is 0 Å². The van der Waals surface area contributed by atoms with Gasteiger partial charge in [0.15, 0.2) is 0 Å². The molecule has 0 amide bonds. The van der Waals surface area contributed by atoms with Gasteiger partial charge >= 0.3 is 0 Å². The number of anilines is 1. The molecule has 18 heavy (non-hydrogen) atoms. The third-order valence-electron chi connectivity index (χ3n) is 3.46.